The lowest BCUT2D eigenvalue weighted by molar-refractivity contribution is -0.116. The minimum absolute atomic E-state index is 0.112. The fraction of sp³-hybridized carbons (Fsp3) is 0.900. The lowest BCUT2D eigenvalue weighted by Gasteiger charge is -2.22. The molecule has 0 radical (unpaired) electrons. The second kappa shape index (κ2) is 5.00. The van der Waals surface area contributed by atoms with Crippen molar-refractivity contribution in [3.63, 3.8) is 0 Å². The number of carbonyl (C=O) groups is 1. The third-order valence-corrected chi connectivity index (χ3v) is 3.72. The average Bonchev–Trinajstić information content (AvgIpc) is 2.06. The molecule has 0 bridgehead atoms. The first-order valence-corrected chi connectivity index (χ1v) is 5.76. The minimum Gasteiger partial charge on any atom is -0.299 e. The Hall–Kier alpha value is 0.150. The van der Waals surface area contributed by atoms with Gasteiger partial charge in [-0.25, -0.2) is 0 Å². The van der Waals surface area contributed by atoms with Gasteiger partial charge in [-0.3, -0.25) is 4.79 Å². The van der Waals surface area contributed by atoms with Crippen LogP contribution in [0.1, 0.15) is 45.4 Å². The molecule has 1 nitrogen and oxygen atoms in total. The summed E-state index contributed by atoms with van der Waals surface area (Å²) in [5.41, 5.74) is 0. The third-order valence-electron chi connectivity index (χ3n) is 2.71. The molecule has 1 unspecified atom stereocenters. The van der Waals surface area contributed by atoms with Gasteiger partial charge in [0.2, 0.25) is 0 Å². The molecule has 0 amide bonds. The number of hydrogen-bond acceptors (Lipinski definition) is 1. The van der Waals surface area contributed by atoms with Crippen LogP contribution in [0.2, 0.25) is 0 Å². The molecule has 0 N–H and O–H groups in total. The smallest absolute Gasteiger partial charge is 0.143 e. The molecule has 0 spiro atoms. The van der Waals surface area contributed by atoms with E-state index in [4.69, 9.17) is 0 Å². The zero-order valence-corrected chi connectivity index (χ0v) is 9.27. The van der Waals surface area contributed by atoms with Crippen LogP contribution in [0.5, 0.6) is 0 Å². The molecule has 1 rings (SSSR count). The van der Waals surface area contributed by atoms with E-state index in [9.17, 15) is 4.79 Å². The van der Waals surface area contributed by atoms with E-state index < -0.39 is 0 Å². The Labute approximate surface area is 83.0 Å². The monoisotopic (exact) mass is 232 g/mol. The van der Waals surface area contributed by atoms with E-state index in [2.05, 4.69) is 15.9 Å². The number of hydrogen-bond donors (Lipinski definition) is 0. The lowest BCUT2D eigenvalue weighted by atomic mass is 9.86. The van der Waals surface area contributed by atoms with Crippen LogP contribution in [0.4, 0.5) is 0 Å². The molecule has 0 aliphatic heterocycles. The van der Waals surface area contributed by atoms with Gasteiger partial charge in [-0.05, 0) is 19.3 Å². The molecule has 1 aliphatic rings. The highest BCUT2D eigenvalue weighted by Gasteiger charge is 2.19. The van der Waals surface area contributed by atoms with Gasteiger partial charge in [-0.2, -0.15) is 0 Å². The number of rotatable bonds is 3. The van der Waals surface area contributed by atoms with Crippen molar-refractivity contribution >= 4 is 21.7 Å². The van der Waals surface area contributed by atoms with Gasteiger partial charge < -0.3 is 0 Å². The molecule has 70 valence electrons. The van der Waals surface area contributed by atoms with Gasteiger partial charge in [0.15, 0.2) is 0 Å². The van der Waals surface area contributed by atoms with E-state index in [1.54, 1.807) is 6.92 Å². The van der Waals surface area contributed by atoms with Crippen LogP contribution in [0.3, 0.4) is 0 Å². The molecule has 12 heavy (non-hydrogen) atoms. The van der Waals surface area contributed by atoms with Gasteiger partial charge in [0.25, 0.3) is 0 Å². The molecular weight excluding hydrogens is 216 g/mol. The van der Waals surface area contributed by atoms with Gasteiger partial charge >= 0.3 is 0 Å². The first-order valence-electron chi connectivity index (χ1n) is 4.84. The van der Waals surface area contributed by atoms with E-state index in [0.29, 0.717) is 0 Å². The van der Waals surface area contributed by atoms with Crippen molar-refractivity contribution in [2.45, 2.75) is 50.3 Å². The van der Waals surface area contributed by atoms with Crippen molar-refractivity contribution in [3.8, 4) is 0 Å². The minimum atomic E-state index is 0.112. The van der Waals surface area contributed by atoms with Crippen LogP contribution in [0, 0.1) is 5.92 Å². The van der Waals surface area contributed by atoms with Gasteiger partial charge in [-0.15, -0.1) is 0 Å². The zero-order chi connectivity index (χ0) is 8.97. The molecule has 0 saturated heterocycles. The van der Waals surface area contributed by atoms with Crippen molar-refractivity contribution < 1.29 is 4.79 Å². The number of halogens is 1. The number of alkyl halides is 1. The second-order valence-electron chi connectivity index (χ2n) is 3.82. The summed E-state index contributed by atoms with van der Waals surface area (Å²) in [6.45, 7) is 1.67. The maximum absolute atomic E-state index is 11.0. The average molecular weight is 233 g/mol. The van der Waals surface area contributed by atoms with Gasteiger partial charge in [0.05, 0.1) is 4.83 Å². The maximum Gasteiger partial charge on any atom is 0.143 e. The van der Waals surface area contributed by atoms with Crippen LogP contribution >= 0.6 is 15.9 Å². The van der Waals surface area contributed by atoms with E-state index in [1.807, 2.05) is 0 Å². The molecule has 1 saturated carbocycles. The zero-order valence-electron chi connectivity index (χ0n) is 7.68. The molecule has 0 aromatic carbocycles. The Kier molecular flexibility index (Phi) is 4.27. The van der Waals surface area contributed by atoms with Crippen LogP contribution < -0.4 is 0 Å². The van der Waals surface area contributed by atoms with Crippen LogP contribution in [0.25, 0.3) is 0 Å². The third kappa shape index (κ3) is 3.26. The first kappa shape index (κ1) is 10.2. The Balaban J connectivity index is 2.24. The highest BCUT2D eigenvalue weighted by molar-refractivity contribution is 9.10. The molecule has 0 aromatic rings. The van der Waals surface area contributed by atoms with Gasteiger partial charge in [0, 0.05) is 0 Å². The molecular formula is C10H17BrO. The summed E-state index contributed by atoms with van der Waals surface area (Å²) in [6, 6.07) is 0. The molecule has 1 fully saturated rings. The Morgan fingerprint density at radius 3 is 2.50 bits per heavy atom. The summed E-state index contributed by atoms with van der Waals surface area (Å²) in [4.78, 5) is 11.1. The SMILES string of the molecule is CC(=O)C(Br)CC1CCCCC1. The maximum atomic E-state index is 11.0. The predicted molar refractivity (Wildman–Crippen MR) is 54.6 cm³/mol. The topological polar surface area (TPSA) is 17.1 Å². The van der Waals surface area contributed by atoms with Gasteiger partial charge in [-0.1, -0.05) is 48.0 Å². The van der Waals surface area contributed by atoms with Crippen molar-refractivity contribution in [1.82, 2.24) is 0 Å². The Bertz CT molecular complexity index is 150. The summed E-state index contributed by atoms with van der Waals surface area (Å²) in [7, 11) is 0. The summed E-state index contributed by atoms with van der Waals surface area (Å²) in [6.07, 6.45) is 7.83. The molecule has 2 heteroatoms. The van der Waals surface area contributed by atoms with Crippen molar-refractivity contribution in [2.75, 3.05) is 0 Å². The quantitative estimate of drug-likeness (QED) is 0.683. The lowest BCUT2D eigenvalue weighted by Crippen LogP contribution is -2.17. The number of carbonyl (C=O) groups excluding carboxylic acids is 1. The second-order valence-corrected chi connectivity index (χ2v) is 4.92. The Morgan fingerprint density at radius 2 is 2.00 bits per heavy atom. The normalized spacial score (nSPS) is 22.2. The van der Waals surface area contributed by atoms with Crippen molar-refractivity contribution in [2.24, 2.45) is 5.92 Å². The molecule has 1 aliphatic carbocycles. The highest BCUT2D eigenvalue weighted by Crippen LogP contribution is 2.29. The molecule has 1 atom stereocenters. The predicted octanol–water partition coefficient (Wildman–Crippen LogP) is 3.31. The van der Waals surface area contributed by atoms with Crippen LogP contribution in [-0.4, -0.2) is 10.6 Å². The van der Waals surface area contributed by atoms with E-state index in [1.165, 1.54) is 32.1 Å². The summed E-state index contributed by atoms with van der Waals surface area (Å²) in [5, 5.41) is 0. The van der Waals surface area contributed by atoms with E-state index >= 15 is 0 Å². The molecule has 0 aromatic heterocycles. The summed E-state index contributed by atoms with van der Waals surface area (Å²) in [5.74, 6) is 1.08. The van der Waals surface area contributed by atoms with Crippen molar-refractivity contribution in [1.29, 1.82) is 0 Å². The van der Waals surface area contributed by atoms with Crippen molar-refractivity contribution in [3.05, 3.63) is 0 Å². The van der Waals surface area contributed by atoms with Gasteiger partial charge in [0.1, 0.15) is 5.78 Å². The van der Waals surface area contributed by atoms with Crippen LogP contribution in [-0.2, 0) is 4.79 Å². The van der Waals surface area contributed by atoms with Crippen LogP contribution in [0.15, 0.2) is 0 Å². The highest BCUT2D eigenvalue weighted by atomic mass is 79.9. The summed E-state index contributed by atoms with van der Waals surface area (Å²) >= 11 is 3.43. The molecule has 0 heterocycles. The first-order chi connectivity index (χ1) is 5.70. The number of Topliss-reactive ketones (excluding diaryl/α,β-unsaturated/α-hetero) is 1. The van der Waals surface area contributed by atoms with E-state index in [0.717, 1.165) is 12.3 Å². The Morgan fingerprint density at radius 1 is 1.42 bits per heavy atom. The summed E-state index contributed by atoms with van der Waals surface area (Å²) < 4.78 is 0. The largest absolute Gasteiger partial charge is 0.299 e. The number of ketones is 1. The van der Waals surface area contributed by atoms with E-state index in [-0.39, 0.29) is 10.6 Å². The standard InChI is InChI=1S/C10H17BrO/c1-8(12)10(11)7-9-5-3-2-4-6-9/h9-10H,2-7H2,1H3. The fourth-order valence-electron chi connectivity index (χ4n) is 1.88. The fourth-order valence-corrected chi connectivity index (χ4v) is 2.41.